The van der Waals surface area contributed by atoms with Crippen LogP contribution in [0.2, 0.25) is 0 Å². The van der Waals surface area contributed by atoms with E-state index in [0.29, 0.717) is 56.6 Å². The predicted molar refractivity (Wildman–Crippen MR) is 200 cm³/mol. The van der Waals surface area contributed by atoms with Crippen LogP contribution < -0.4 is 20.1 Å². The van der Waals surface area contributed by atoms with Gasteiger partial charge in [0.25, 0.3) is 11.8 Å². The lowest BCUT2D eigenvalue weighted by Gasteiger charge is -2.14. The van der Waals surface area contributed by atoms with Crippen LogP contribution in [0.3, 0.4) is 0 Å². The average molecular weight is 693 g/mol. The minimum Gasteiger partial charge on any atom is -0.455 e. The number of para-hydroxylation sites is 4. The topological polar surface area (TPSA) is 111 Å². The van der Waals surface area contributed by atoms with Gasteiger partial charge in [-0.25, -0.2) is 8.42 Å². The molecule has 6 aromatic carbocycles. The van der Waals surface area contributed by atoms with Crippen molar-refractivity contribution in [1.29, 1.82) is 0 Å². The Morgan fingerprint density at radius 3 is 1.24 bits per heavy atom. The van der Waals surface area contributed by atoms with Gasteiger partial charge in [-0.1, -0.05) is 86.0 Å². The van der Waals surface area contributed by atoms with Crippen LogP contribution in [0.25, 0.3) is 12.2 Å². The van der Waals surface area contributed by atoms with Gasteiger partial charge in [0.2, 0.25) is 9.84 Å². The summed E-state index contributed by atoms with van der Waals surface area (Å²) in [6.07, 6.45) is 3.23. The monoisotopic (exact) mass is 692 g/mol. The van der Waals surface area contributed by atoms with Gasteiger partial charge < -0.3 is 20.1 Å². The summed E-state index contributed by atoms with van der Waals surface area (Å²) in [4.78, 5) is 26.2. The van der Waals surface area contributed by atoms with Gasteiger partial charge in [-0.15, -0.1) is 0 Å². The highest BCUT2D eigenvalue weighted by Crippen LogP contribution is 2.33. The van der Waals surface area contributed by atoms with Crippen LogP contribution in [-0.2, 0) is 9.84 Å². The minimum absolute atomic E-state index is 0.0685. The number of hydrogen-bond donors (Lipinski definition) is 2. The van der Waals surface area contributed by atoms with Crippen molar-refractivity contribution in [3.05, 3.63) is 181 Å². The molecule has 0 fully saturated rings. The smallest absolute Gasteiger partial charge is 0.256 e. The highest BCUT2D eigenvalue weighted by Gasteiger charge is 2.19. The highest BCUT2D eigenvalue weighted by atomic mass is 32.2. The van der Waals surface area contributed by atoms with Crippen molar-refractivity contribution in [1.82, 2.24) is 0 Å². The zero-order chi connectivity index (χ0) is 35.8. The van der Waals surface area contributed by atoms with E-state index in [9.17, 15) is 18.0 Å². The Kier molecular flexibility index (Phi) is 10.2. The summed E-state index contributed by atoms with van der Waals surface area (Å²) in [7, 11) is -3.88. The maximum atomic E-state index is 13.5. The molecule has 51 heavy (non-hydrogen) atoms. The second kappa shape index (κ2) is 15.2. The fraction of sp³-hybridized carbons (Fsp3) is 0. The summed E-state index contributed by atoms with van der Waals surface area (Å²) in [5, 5.41) is 5.76. The molecule has 0 spiro atoms. The molecule has 0 unspecified atom stereocenters. The number of nitrogens with one attached hydrogen (secondary N) is 2. The summed E-state index contributed by atoms with van der Waals surface area (Å²) in [6, 6.07) is 40.2. The van der Waals surface area contributed by atoms with Crippen molar-refractivity contribution >= 4 is 45.2 Å². The van der Waals surface area contributed by atoms with E-state index >= 15 is 0 Å². The molecule has 0 saturated carbocycles. The first kappa shape index (κ1) is 34.2. The van der Waals surface area contributed by atoms with Crippen LogP contribution >= 0.6 is 0 Å². The third-order valence-corrected chi connectivity index (χ3v) is 9.63. The molecule has 0 atom stereocenters. The summed E-state index contributed by atoms with van der Waals surface area (Å²) in [5.41, 5.74) is 3.23. The summed E-state index contributed by atoms with van der Waals surface area (Å²) < 4.78 is 39.1. The lowest BCUT2D eigenvalue weighted by Crippen LogP contribution is -2.13. The lowest BCUT2D eigenvalue weighted by atomic mass is 10.1. The molecule has 9 heteroatoms. The molecule has 0 aliphatic rings. The molecule has 0 aliphatic heterocycles. The second-order valence-corrected chi connectivity index (χ2v) is 13.1. The molecule has 8 nitrogen and oxygen atoms in total. The van der Waals surface area contributed by atoms with E-state index in [1.807, 2.05) is 12.1 Å². The van der Waals surface area contributed by atoms with Gasteiger partial charge >= 0.3 is 0 Å². The molecule has 0 bridgehead atoms. The van der Waals surface area contributed by atoms with E-state index < -0.39 is 9.84 Å². The normalized spacial score (nSPS) is 10.8. The maximum Gasteiger partial charge on any atom is 0.256 e. The molecule has 0 saturated heterocycles. The van der Waals surface area contributed by atoms with E-state index in [1.165, 1.54) is 24.3 Å². The molecular formula is C42H32N2O6S. The predicted octanol–water partition coefficient (Wildman–Crippen LogP) is 9.89. The van der Waals surface area contributed by atoms with Gasteiger partial charge in [0.05, 0.1) is 21.2 Å². The molecule has 0 heterocycles. The standard InChI is InChI=1S/C42H32N2O6S/c1-3-29-13-5-7-15-35(29)41(45)43-37-17-9-11-19-39(37)49-31-21-25-33(26-22-31)51(47,48)34-27-23-32(24-28-34)50-40-20-12-10-18-38(40)44-42(46)36-16-8-6-14-30(36)4-2/h3-28H,1-2H2,(H,43,45)(H,44,46). The van der Waals surface area contributed by atoms with Crippen molar-refractivity contribution in [2.24, 2.45) is 0 Å². The van der Waals surface area contributed by atoms with Gasteiger partial charge in [-0.05, 0) is 96.1 Å². The van der Waals surface area contributed by atoms with Gasteiger partial charge in [0.15, 0.2) is 11.5 Å². The largest absolute Gasteiger partial charge is 0.455 e. The number of sulfone groups is 1. The van der Waals surface area contributed by atoms with Gasteiger partial charge in [0, 0.05) is 11.1 Å². The lowest BCUT2D eigenvalue weighted by molar-refractivity contribution is 0.101. The van der Waals surface area contributed by atoms with Crippen LogP contribution in [0.5, 0.6) is 23.0 Å². The Bertz CT molecular complexity index is 2190. The zero-order valence-corrected chi connectivity index (χ0v) is 28.1. The van der Waals surface area contributed by atoms with Gasteiger partial charge in [-0.3, -0.25) is 9.59 Å². The molecule has 0 aliphatic carbocycles. The zero-order valence-electron chi connectivity index (χ0n) is 27.3. The fourth-order valence-electron chi connectivity index (χ4n) is 5.22. The number of ether oxygens (including phenoxy) is 2. The first-order valence-electron chi connectivity index (χ1n) is 15.8. The van der Waals surface area contributed by atoms with Crippen molar-refractivity contribution in [3.63, 3.8) is 0 Å². The molecular weight excluding hydrogens is 661 g/mol. The molecule has 0 aromatic heterocycles. The Labute approximate surface area is 296 Å². The van der Waals surface area contributed by atoms with E-state index in [-0.39, 0.29) is 21.6 Å². The number of amides is 2. The van der Waals surface area contributed by atoms with Crippen molar-refractivity contribution in [3.8, 4) is 23.0 Å². The van der Waals surface area contributed by atoms with Crippen molar-refractivity contribution in [2.45, 2.75) is 9.79 Å². The van der Waals surface area contributed by atoms with E-state index in [2.05, 4.69) is 23.8 Å². The van der Waals surface area contributed by atoms with Crippen LogP contribution in [0.1, 0.15) is 31.8 Å². The Morgan fingerprint density at radius 2 is 0.843 bits per heavy atom. The number of benzene rings is 6. The Balaban J connectivity index is 1.13. The summed E-state index contributed by atoms with van der Waals surface area (Å²) in [5.74, 6) is 0.891. The quantitative estimate of drug-likeness (QED) is 0.132. The summed E-state index contributed by atoms with van der Waals surface area (Å²) in [6.45, 7) is 7.55. The molecule has 6 rings (SSSR count). The molecule has 2 N–H and O–H groups in total. The number of carbonyl (C=O) groups excluding carboxylic acids is 2. The third-order valence-electron chi connectivity index (χ3n) is 7.84. The molecule has 2 amide bonds. The van der Waals surface area contributed by atoms with Crippen LogP contribution in [0.15, 0.2) is 169 Å². The molecule has 252 valence electrons. The average Bonchev–Trinajstić information content (AvgIpc) is 3.16. The number of hydrogen-bond acceptors (Lipinski definition) is 6. The van der Waals surface area contributed by atoms with Crippen molar-refractivity contribution in [2.75, 3.05) is 10.6 Å². The third kappa shape index (κ3) is 7.80. The number of anilines is 2. The van der Waals surface area contributed by atoms with Gasteiger partial charge in [-0.2, -0.15) is 0 Å². The first-order chi connectivity index (χ1) is 24.8. The first-order valence-corrected chi connectivity index (χ1v) is 17.3. The maximum absolute atomic E-state index is 13.5. The van der Waals surface area contributed by atoms with E-state index in [1.54, 1.807) is 121 Å². The van der Waals surface area contributed by atoms with Crippen LogP contribution in [0, 0.1) is 0 Å². The van der Waals surface area contributed by atoms with E-state index in [4.69, 9.17) is 9.47 Å². The highest BCUT2D eigenvalue weighted by molar-refractivity contribution is 7.91. The van der Waals surface area contributed by atoms with E-state index in [0.717, 1.165) is 0 Å². The minimum atomic E-state index is -3.88. The van der Waals surface area contributed by atoms with Crippen LogP contribution in [0.4, 0.5) is 11.4 Å². The van der Waals surface area contributed by atoms with Gasteiger partial charge in [0.1, 0.15) is 11.5 Å². The fourth-order valence-corrected chi connectivity index (χ4v) is 6.49. The van der Waals surface area contributed by atoms with Crippen molar-refractivity contribution < 1.29 is 27.5 Å². The summed E-state index contributed by atoms with van der Waals surface area (Å²) >= 11 is 0. The van der Waals surface area contributed by atoms with Crippen LogP contribution in [-0.4, -0.2) is 20.2 Å². The molecule has 6 aromatic rings. The Morgan fingerprint density at radius 1 is 0.490 bits per heavy atom. The number of rotatable bonds is 12. The SMILES string of the molecule is C=Cc1ccccc1C(=O)Nc1ccccc1Oc1ccc(S(=O)(=O)c2ccc(Oc3ccccc3NC(=O)c3ccccc3C=C)cc2)cc1. The number of carbonyl (C=O) groups is 2. The Hall–Kier alpha value is -6.71. The molecule has 0 radical (unpaired) electrons. The second-order valence-electron chi connectivity index (χ2n) is 11.1.